The highest BCUT2D eigenvalue weighted by atomic mass is 16.6. The summed E-state index contributed by atoms with van der Waals surface area (Å²) >= 11 is 0. The van der Waals surface area contributed by atoms with Gasteiger partial charge in [-0.3, -0.25) is 14.6 Å². The van der Waals surface area contributed by atoms with Crippen molar-refractivity contribution in [3.63, 3.8) is 0 Å². The molecule has 0 aliphatic heterocycles. The van der Waals surface area contributed by atoms with Gasteiger partial charge in [0.2, 0.25) is 5.91 Å². The van der Waals surface area contributed by atoms with Gasteiger partial charge >= 0.3 is 7.12 Å². The van der Waals surface area contributed by atoms with Gasteiger partial charge in [-0.1, -0.05) is 63.9 Å². The number of amides is 2. The van der Waals surface area contributed by atoms with Gasteiger partial charge in [0.15, 0.2) is 0 Å². The second kappa shape index (κ2) is 21.8. The van der Waals surface area contributed by atoms with Gasteiger partial charge in [0, 0.05) is 38.6 Å². The van der Waals surface area contributed by atoms with Gasteiger partial charge in [-0.25, -0.2) is 4.98 Å². The highest BCUT2D eigenvalue weighted by molar-refractivity contribution is 6.47. The zero-order valence-electron chi connectivity index (χ0n) is 26.9. The number of nitrogens with zero attached hydrogens (tertiary/aromatic N) is 3. The lowest BCUT2D eigenvalue weighted by molar-refractivity contribution is -0.123. The number of hydrogen-bond acceptors (Lipinski definition) is 8. The monoisotopic (exact) mass is 596 g/mol. The number of benzene rings is 1. The third-order valence-corrected chi connectivity index (χ3v) is 7.04. The number of nitrogens with one attached hydrogen (secondary N) is 3. The molecule has 11 heteroatoms. The number of unbranched alkanes of at least 4 members (excludes halogenated alkanes) is 3. The Morgan fingerprint density at radius 2 is 1.72 bits per heavy atom. The Kier molecular flexibility index (Phi) is 18.4. The van der Waals surface area contributed by atoms with Crippen LogP contribution in [0, 0.1) is 5.92 Å². The summed E-state index contributed by atoms with van der Waals surface area (Å²) in [6.07, 6.45) is 11.0. The normalized spacial score (nSPS) is 12.7. The summed E-state index contributed by atoms with van der Waals surface area (Å²) in [6.45, 7) is 10.1. The number of hydrogen-bond donors (Lipinski definition) is 3. The third kappa shape index (κ3) is 15.4. The molecule has 0 spiro atoms. The van der Waals surface area contributed by atoms with Crippen LogP contribution in [0.1, 0.15) is 75.3 Å². The third-order valence-electron chi connectivity index (χ3n) is 7.04. The average Bonchev–Trinajstić information content (AvgIpc) is 3.00. The van der Waals surface area contributed by atoms with Crippen LogP contribution < -0.4 is 16.0 Å². The molecule has 2 rings (SSSR count). The molecule has 1 heterocycles. The minimum atomic E-state index is -0.822. The van der Waals surface area contributed by atoms with Crippen LogP contribution in [0.3, 0.4) is 0 Å². The van der Waals surface area contributed by atoms with E-state index in [2.05, 4.69) is 58.6 Å². The van der Waals surface area contributed by atoms with Crippen molar-refractivity contribution in [3.8, 4) is 0 Å². The fourth-order valence-electron chi connectivity index (χ4n) is 4.72. The molecule has 1 aromatic carbocycles. The minimum absolute atomic E-state index is 0.154. The van der Waals surface area contributed by atoms with Crippen molar-refractivity contribution >= 4 is 18.9 Å². The molecule has 0 saturated heterocycles. The second-order valence-corrected chi connectivity index (χ2v) is 11.5. The molecule has 10 nitrogen and oxygen atoms in total. The number of carbonyl (C=O) groups is 2. The quantitative estimate of drug-likeness (QED) is 0.132. The molecular weight excluding hydrogens is 543 g/mol. The molecular formula is C32H53BN6O4. The Bertz CT molecular complexity index is 1020. The summed E-state index contributed by atoms with van der Waals surface area (Å²) in [5.74, 6) is -0.849. The molecule has 0 radical (unpaired) electrons. The van der Waals surface area contributed by atoms with Gasteiger partial charge in [-0.05, 0) is 64.3 Å². The van der Waals surface area contributed by atoms with Gasteiger partial charge in [-0.15, -0.1) is 0 Å². The lowest BCUT2D eigenvalue weighted by Gasteiger charge is -2.29. The lowest BCUT2D eigenvalue weighted by Crippen LogP contribution is -2.56. The maximum absolute atomic E-state index is 13.8. The Morgan fingerprint density at radius 1 is 0.977 bits per heavy atom. The maximum atomic E-state index is 13.8. The first-order chi connectivity index (χ1) is 20.8. The van der Waals surface area contributed by atoms with E-state index in [-0.39, 0.29) is 23.5 Å². The Hall–Kier alpha value is -2.86. The first kappa shape index (κ1) is 36.3. The van der Waals surface area contributed by atoms with Crippen molar-refractivity contribution in [2.45, 2.75) is 77.7 Å². The molecule has 2 atom stereocenters. The summed E-state index contributed by atoms with van der Waals surface area (Å²) < 4.78 is 12.4. The van der Waals surface area contributed by atoms with E-state index in [4.69, 9.17) is 9.31 Å². The average molecular weight is 597 g/mol. The SMILES string of the molecule is CCCOB(OCCN(C)CCCCCCNC)[C@H](CC(C)C)NC(=O)[C@H](Cc1ccccc1)NC(=O)c1cnccn1. The number of carbonyl (C=O) groups excluding carboxylic acids is 2. The Morgan fingerprint density at radius 3 is 2.40 bits per heavy atom. The molecule has 0 unspecified atom stereocenters. The van der Waals surface area contributed by atoms with E-state index in [0.717, 1.165) is 38.0 Å². The highest BCUT2D eigenvalue weighted by Crippen LogP contribution is 2.13. The molecule has 0 saturated carbocycles. The first-order valence-corrected chi connectivity index (χ1v) is 15.8. The number of rotatable bonds is 23. The van der Waals surface area contributed by atoms with Crippen molar-refractivity contribution in [1.29, 1.82) is 0 Å². The van der Waals surface area contributed by atoms with Gasteiger partial charge in [0.1, 0.15) is 11.7 Å². The van der Waals surface area contributed by atoms with Crippen molar-refractivity contribution in [1.82, 2.24) is 30.8 Å². The van der Waals surface area contributed by atoms with E-state index in [0.29, 0.717) is 26.1 Å². The van der Waals surface area contributed by atoms with Gasteiger partial charge in [-0.2, -0.15) is 0 Å². The molecule has 2 aromatic rings. The molecule has 43 heavy (non-hydrogen) atoms. The van der Waals surface area contributed by atoms with Crippen molar-refractivity contribution in [2.75, 3.05) is 46.9 Å². The van der Waals surface area contributed by atoms with Gasteiger partial charge < -0.3 is 30.2 Å². The van der Waals surface area contributed by atoms with E-state index < -0.39 is 19.1 Å². The standard InChI is InChI=1S/C32H53BN6O4/c1-6-21-42-33(43-22-20-39(5)19-13-8-7-12-16-34-4)30(23-26(2)3)38-31(40)28(24-27-14-10-9-11-15-27)37-32(41)29-25-35-17-18-36-29/h9-11,14-15,17-18,25-26,28,30,34H,6-8,12-13,16,19-24H2,1-5H3,(H,37,41)(H,38,40)/t28-,30-/m0/s1. The van der Waals surface area contributed by atoms with Gasteiger partial charge in [0.25, 0.3) is 5.91 Å². The van der Waals surface area contributed by atoms with E-state index in [1.54, 1.807) is 0 Å². The maximum Gasteiger partial charge on any atom is 0.480 e. The molecule has 3 N–H and O–H groups in total. The summed E-state index contributed by atoms with van der Waals surface area (Å²) in [5.41, 5.74) is 1.09. The highest BCUT2D eigenvalue weighted by Gasteiger charge is 2.34. The smallest absolute Gasteiger partial charge is 0.410 e. The predicted octanol–water partition coefficient (Wildman–Crippen LogP) is 3.53. The molecule has 0 aliphatic carbocycles. The molecule has 2 amide bonds. The van der Waals surface area contributed by atoms with Crippen LogP contribution in [0.25, 0.3) is 0 Å². The summed E-state index contributed by atoms with van der Waals surface area (Å²) in [5, 5.41) is 9.24. The van der Waals surface area contributed by atoms with Crippen LogP contribution in [-0.2, 0) is 20.5 Å². The van der Waals surface area contributed by atoms with E-state index >= 15 is 0 Å². The Labute approximate surface area is 259 Å². The second-order valence-electron chi connectivity index (χ2n) is 11.5. The van der Waals surface area contributed by atoms with Crippen LogP contribution >= 0.6 is 0 Å². The zero-order chi connectivity index (χ0) is 31.3. The largest absolute Gasteiger partial charge is 0.480 e. The zero-order valence-corrected chi connectivity index (χ0v) is 26.9. The summed E-state index contributed by atoms with van der Waals surface area (Å²) in [4.78, 5) is 37.1. The van der Waals surface area contributed by atoms with Crippen LogP contribution in [0.2, 0.25) is 0 Å². The fraction of sp³-hybridized carbons (Fsp3) is 0.625. The molecule has 0 aliphatic rings. The lowest BCUT2D eigenvalue weighted by atomic mass is 9.73. The first-order valence-electron chi connectivity index (χ1n) is 15.8. The topological polar surface area (TPSA) is 118 Å². The predicted molar refractivity (Wildman–Crippen MR) is 173 cm³/mol. The van der Waals surface area contributed by atoms with E-state index in [9.17, 15) is 9.59 Å². The van der Waals surface area contributed by atoms with Crippen molar-refractivity contribution < 1.29 is 18.9 Å². The van der Waals surface area contributed by atoms with Crippen LogP contribution in [-0.4, -0.2) is 92.7 Å². The minimum Gasteiger partial charge on any atom is -0.410 e. The van der Waals surface area contributed by atoms with Crippen LogP contribution in [0.5, 0.6) is 0 Å². The Balaban J connectivity index is 2.08. The van der Waals surface area contributed by atoms with Gasteiger partial charge in [0.05, 0.1) is 12.1 Å². The van der Waals surface area contributed by atoms with Crippen molar-refractivity contribution in [2.24, 2.45) is 5.92 Å². The molecule has 238 valence electrons. The van der Waals surface area contributed by atoms with Crippen LogP contribution in [0.15, 0.2) is 48.9 Å². The summed E-state index contributed by atoms with van der Waals surface area (Å²) in [7, 11) is 3.50. The molecule has 0 fully saturated rings. The molecule has 1 aromatic heterocycles. The summed E-state index contributed by atoms with van der Waals surface area (Å²) in [6, 6.07) is 8.81. The van der Waals surface area contributed by atoms with Crippen molar-refractivity contribution in [3.05, 3.63) is 60.2 Å². The fourth-order valence-corrected chi connectivity index (χ4v) is 4.72. The number of aromatic nitrogens is 2. The number of likely N-dealkylation sites (N-methyl/N-ethyl adjacent to an activating group) is 1. The van der Waals surface area contributed by atoms with Crippen LogP contribution in [0.4, 0.5) is 0 Å². The molecule has 0 bridgehead atoms. The van der Waals surface area contributed by atoms with E-state index in [1.807, 2.05) is 37.4 Å². The van der Waals surface area contributed by atoms with E-state index in [1.165, 1.54) is 37.9 Å².